The molecule has 4 aromatic rings. The van der Waals surface area contributed by atoms with E-state index in [4.69, 9.17) is 0 Å². The van der Waals surface area contributed by atoms with Crippen LogP contribution in [-0.2, 0) is 18.3 Å². The van der Waals surface area contributed by atoms with E-state index in [1.165, 1.54) is 10.9 Å². The van der Waals surface area contributed by atoms with Crippen LogP contribution in [0.4, 0.5) is 5.69 Å². The number of rotatable bonds is 8. The zero-order valence-corrected chi connectivity index (χ0v) is 18.3. The van der Waals surface area contributed by atoms with E-state index < -0.39 is 4.92 Å². The van der Waals surface area contributed by atoms with Crippen molar-refractivity contribution in [2.75, 3.05) is 6.54 Å². The molecule has 10 nitrogen and oxygen atoms in total. The first-order valence-corrected chi connectivity index (χ1v) is 10.7. The summed E-state index contributed by atoms with van der Waals surface area (Å²) in [7, 11) is 1.58. The number of nitrogens with zero attached hydrogens (tertiary/aromatic N) is 6. The number of nitrogens with one attached hydrogen (secondary N) is 1. The van der Waals surface area contributed by atoms with Crippen LogP contribution < -0.4 is 5.32 Å². The second kappa shape index (κ2) is 9.10. The van der Waals surface area contributed by atoms with Crippen molar-refractivity contribution in [2.45, 2.75) is 19.4 Å². The van der Waals surface area contributed by atoms with E-state index in [2.05, 4.69) is 38.9 Å². The van der Waals surface area contributed by atoms with E-state index in [-0.39, 0.29) is 29.8 Å². The maximum Gasteiger partial charge on any atom is 0.310 e. The van der Waals surface area contributed by atoms with Crippen molar-refractivity contribution in [1.29, 1.82) is 0 Å². The van der Waals surface area contributed by atoms with E-state index in [0.29, 0.717) is 6.54 Å². The SMILES string of the molecule is C[C@@H](CNC(=O)Cc1nn(C)cc1[N+](=O)[O-])n1cc(-c2ccc(-c3ccccc3)s2)nn1. The highest BCUT2D eigenvalue weighted by atomic mass is 32.1. The predicted octanol–water partition coefficient (Wildman–Crippen LogP) is 3.24. The largest absolute Gasteiger partial charge is 0.354 e. The minimum atomic E-state index is -0.539. The Hall–Kier alpha value is -3.86. The van der Waals surface area contributed by atoms with Gasteiger partial charge >= 0.3 is 5.69 Å². The lowest BCUT2D eigenvalue weighted by Crippen LogP contribution is -2.31. The Morgan fingerprint density at radius 3 is 2.69 bits per heavy atom. The molecule has 3 aromatic heterocycles. The van der Waals surface area contributed by atoms with Gasteiger partial charge in [0.15, 0.2) is 0 Å². The van der Waals surface area contributed by atoms with Gasteiger partial charge in [0, 0.05) is 18.5 Å². The third kappa shape index (κ3) is 4.72. The zero-order valence-electron chi connectivity index (χ0n) is 17.5. The van der Waals surface area contributed by atoms with E-state index >= 15 is 0 Å². The molecule has 11 heteroatoms. The molecule has 0 saturated carbocycles. The van der Waals surface area contributed by atoms with Crippen LogP contribution >= 0.6 is 11.3 Å². The van der Waals surface area contributed by atoms with Crippen LogP contribution in [0.15, 0.2) is 54.9 Å². The molecule has 0 fully saturated rings. The van der Waals surface area contributed by atoms with Crippen LogP contribution in [0.25, 0.3) is 21.0 Å². The fourth-order valence-corrected chi connectivity index (χ4v) is 4.17. The molecule has 1 atom stereocenters. The molecular formula is C21H21N7O3S. The molecule has 0 spiro atoms. The van der Waals surface area contributed by atoms with Crippen LogP contribution in [0, 0.1) is 10.1 Å². The third-order valence-corrected chi connectivity index (χ3v) is 6.04. The number of amides is 1. The van der Waals surface area contributed by atoms with Crippen molar-refractivity contribution in [3.63, 3.8) is 0 Å². The Morgan fingerprint density at radius 2 is 1.94 bits per heavy atom. The van der Waals surface area contributed by atoms with Crippen molar-refractivity contribution >= 4 is 22.9 Å². The molecule has 164 valence electrons. The maximum atomic E-state index is 12.3. The molecule has 0 radical (unpaired) electrons. The van der Waals surface area contributed by atoms with Gasteiger partial charge in [0.1, 0.15) is 17.6 Å². The van der Waals surface area contributed by atoms with Crippen LogP contribution in [0.1, 0.15) is 18.7 Å². The normalized spacial score (nSPS) is 11.9. The topological polar surface area (TPSA) is 121 Å². The summed E-state index contributed by atoms with van der Waals surface area (Å²) in [5.41, 5.74) is 1.89. The fourth-order valence-electron chi connectivity index (χ4n) is 3.21. The van der Waals surface area contributed by atoms with Gasteiger partial charge in [-0.1, -0.05) is 35.5 Å². The third-order valence-electron chi connectivity index (χ3n) is 4.88. The molecule has 0 bridgehead atoms. The maximum absolute atomic E-state index is 12.3. The fraction of sp³-hybridized carbons (Fsp3) is 0.238. The van der Waals surface area contributed by atoms with Gasteiger partial charge < -0.3 is 5.32 Å². The highest BCUT2D eigenvalue weighted by molar-refractivity contribution is 7.18. The van der Waals surface area contributed by atoms with Crippen molar-refractivity contribution in [3.05, 3.63) is 70.7 Å². The van der Waals surface area contributed by atoms with Crippen LogP contribution in [0.3, 0.4) is 0 Å². The summed E-state index contributed by atoms with van der Waals surface area (Å²) in [5, 5.41) is 26.3. The number of carbonyl (C=O) groups excluding carboxylic acids is 1. The van der Waals surface area contributed by atoms with E-state index in [9.17, 15) is 14.9 Å². The molecule has 0 saturated heterocycles. The summed E-state index contributed by atoms with van der Waals surface area (Å²) in [4.78, 5) is 25.0. The number of hydrogen-bond acceptors (Lipinski definition) is 7. The monoisotopic (exact) mass is 451 g/mol. The smallest absolute Gasteiger partial charge is 0.310 e. The number of thiophene rings is 1. The minimum Gasteiger partial charge on any atom is -0.354 e. The molecule has 4 rings (SSSR count). The number of carbonyl (C=O) groups is 1. The summed E-state index contributed by atoms with van der Waals surface area (Å²) in [6.45, 7) is 2.22. The molecule has 1 aromatic carbocycles. The number of nitro groups is 1. The lowest BCUT2D eigenvalue weighted by Gasteiger charge is -2.12. The standard InChI is InChI=1S/C21H21N7O3S/c1-14(11-22-21(29)10-16-18(28(30)31)13-26(2)24-16)27-12-17(23-25-27)20-9-8-19(32-20)15-6-4-3-5-7-15/h3-9,12-14H,10-11H2,1-2H3,(H,22,29)/t14-/m0/s1. The first-order chi connectivity index (χ1) is 15.4. The van der Waals surface area contributed by atoms with Crippen LogP contribution in [0.5, 0.6) is 0 Å². The Morgan fingerprint density at radius 1 is 1.19 bits per heavy atom. The van der Waals surface area contributed by atoms with Gasteiger partial charge in [-0.2, -0.15) is 5.10 Å². The zero-order chi connectivity index (χ0) is 22.7. The van der Waals surface area contributed by atoms with E-state index in [1.807, 2.05) is 37.4 Å². The highest BCUT2D eigenvalue weighted by Crippen LogP contribution is 2.33. The van der Waals surface area contributed by atoms with E-state index in [1.54, 1.807) is 23.1 Å². The van der Waals surface area contributed by atoms with Crippen molar-refractivity contribution < 1.29 is 9.72 Å². The van der Waals surface area contributed by atoms with Crippen molar-refractivity contribution in [1.82, 2.24) is 30.1 Å². The molecule has 1 amide bonds. The Kier molecular flexibility index (Phi) is 6.08. The average Bonchev–Trinajstić information content (AvgIpc) is 3.52. The molecule has 0 aliphatic carbocycles. The summed E-state index contributed by atoms with van der Waals surface area (Å²) >= 11 is 1.64. The number of aromatic nitrogens is 5. The molecule has 3 heterocycles. The molecule has 0 aliphatic heterocycles. The molecule has 0 aliphatic rings. The van der Waals surface area contributed by atoms with E-state index in [0.717, 1.165) is 21.0 Å². The summed E-state index contributed by atoms with van der Waals surface area (Å²) in [5.74, 6) is -0.343. The van der Waals surface area contributed by atoms with Gasteiger partial charge in [-0.25, -0.2) is 4.68 Å². The summed E-state index contributed by atoms with van der Waals surface area (Å²) < 4.78 is 3.02. The average molecular weight is 452 g/mol. The summed E-state index contributed by atoms with van der Waals surface area (Å²) in [6, 6.07) is 14.1. The van der Waals surface area contributed by atoms with Gasteiger partial charge in [0.2, 0.25) is 5.91 Å². The second-order valence-electron chi connectivity index (χ2n) is 7.34. The number of hydrogen-bond donors (Lipinski definition) is 1. The predicted molar refractivity (Wildman–Crippen MR) is 120 cm³/mol. The lowest BCUT2D eigenvalue weighted by molar-refractivity contribution is -0.385. The Balaban J connectivity index is 1.36. The molecule has 0 unspecified atom stereocenters. The molecular weight excluding hydrogens is 430 g/mol. The molecule has 32 heavy (non-hydrogen) atoms. The Bertz CT molecular complexity index is 1250. The number of aryl methyl sites for hydroxylation is 1. The van der Waals surface area contributed by atoms with Gasteiger partial charge in [0.05, 0.1) is 28.5 Å². The first kappa shape index (κ1) is 21.4. The second-order valence-corrected chi connectivity index (χ2v) is 8.42. The Labute approximate surface area is 187 Å². The molecule has 1 N–H and O–H groups in total. The number of benzene rings is 1. The summed E-state index contributed by atoms with van der Waals surface area (Å²) in [6.07, 6.45) is 2.97. The van der Waals surface area contributed by atoms with Gasteiger partial charge in [0.25, 0.3) is 0 Å². The quantitative estimate of drug-likeness (QED) is 0.324. The van der Waals surface area contributed by atoms with Gasteiger partial charge in [-0.3, -0.25) is 19.6 Å². The highest BCUT2D eigenvalue weighted by Gasteiger charge is 2.21. The van der Waals surface area contributed by atoms with Gasteiger partial charge in [-0.05, 0) is 24.6 Å². The van der Waals surface area contributed by atoms with Crippen molar-refractivity contribution in [3.8, 4) is 21.0 Å². The first-order valence-electron chi connectivity index (χ1n) is 9.92. The minimum absolute atomic E-state index is 0.137. The van der Waals surface area contributed by atoms with Crippen LogP contribution in [0.2, 0.25) is 0 Å². The van der Waals surface area contributed by atoms with Crippen molar-refractivity contribution in [2.24, 2.45) is 7.05 Å². The van der Waals surface area contributed by atoms with Crippen LogP contribution in [-0.4, -0.2) is 42.1 Å². The lowest BCUT2D eigenvalue weighted by atomic mass is 10.2. The van der Waals surface area contributed by atoms with Gasteiger partial charge in [-0.15, -0.1) is 16.4 Å².